The summed E-state index contributed by atoms with van der Waals surface area (Å²) in [5, 5.41) is 5.46. The average Bonchev–Trinajstić information content (AvgIpc) is 2.62. The molecule has 0 aliphatic carbocycles. The maximum Gasteiger partial charge on any atom is 0.265 e. The third kappa shape index (κ3) is 4.44. The maximum atomic E-state index is 12.3. The Balaban J connectivity index is 1.58. The summed E-state index contributed by atoms with van der Waals surface area (Å²) >= 11 is 0. The van der Waals surface area contributed by atoms with Crippen LogP contribution in [0.25, 0.3) is 0 Å². The molecule has 2 amide bonds. The van der Waals surface area contributed by atoms with Crippen molar-refractivity contribution < 1.29 is 23.8 Å². The van der Waals surface area contributed by atoms with Gasteiger partial charge in [0.15, 0.2) is 17.6 Å². The van der Waals surface area contributed by atoms with E-state index in [4.69, 9.17) is 14.2 Å². The summed E-state index contributed by atoms with van der Waals surface area (Å²) in [5.41, 5.74) is 1.27. The van der Waals surface area contributed by atoms with Crippen molar-refractivity contribution in [3.05, 3.63) is 42.5 Å². The number of carbonyl (C=O) groups is 2. The summed E-state index contributed by atoms with van der Waals surface area (Å²) < 4.78 is 16.6. The smallest absolute Gasteiger partial charge is 0.265 e. The minimum absolute atomic E-state index is 0.147. The number of amides is 2. The fourth-order valence-corrected chi connectivity index (χ4v) is 2.44. The van der Waals surface area contributed by atoms with Gasteiger partial charge in [-0.05, 0) is 43.3 Å². The molecule has 2 N–H and O–H groups in total. The summed E-state index contributed by atoms with van der Waals surface area (Å²) in [5.74, 6) is 1.37. The van der Waals surface area contributed by atoms with Crippen molar-refractivity contribution >= 4 is 23.2 Å². The third-order valence-corrected chi connectivity index (χ3v) is 3.67. The lowest BCUT2D eigenvalue weighted by Gasteiger charge is -2.20. The van der Waals surface area contributed by atoms with E-state index in [1.807, 2.05) is 0 Å². The Hall–Kier alpha value is -3.22. The topological polar surface area (TPSA) is 85.9 Å². The van der Waals surface area contributed by atoms with Gasteiger partial charge >= 0.3 is 0 Å². The van der Waals surface area contributed by atoms with Crippen molar-refractivity contribution in [2.45, 2.75) is 20.0 Å². The second kappa shape index (κ2) is 7.77. The van der Waals surface area contributed by atoms with Crippen LogP contribution in [0.15, 0.2) is 42.5 Å². The van der Waals surface area contributed by atoms with Gasteiger partial charge in [-0.2, -0.15) is 0 Å². The lowest BCUT2D eigenvalue weighted by molar-refractivity contribution is -0.122. The van der Waals surface area contributed by atoms with Gasteiger partial charge in [0.05, 0.1) is 0 Å². The zero-order valence-electron chi connectivity index (χ0n) is 14.6. The summed E-state index contributed by atoms with van der Waals surface area (Å²) in [6.45, 7) is 4.10. The highest BCUT2D eigenvalue weighted by atomic mass is 16.6. The molecule has 0 aromatic heterocycles. The first kappa shape index (κ1) is 17.6. The highest BCUT2D eigenvalue weighted by Crippen LogP contribution is 2.32. The van der Waals surface area contributed by atoms with Crippen LogP contribution < -0.4 is 24.8 Å². The Morgan fingerprint density at radius 1 is 0.962 bits per heavy atom. The van der Waals surface area contributed by atoms with E-state index in [1.54, 1.807) is 49.4 Å². The first-order valence-electron chi connectivity index (χ1n) is 8.26. The SMILES string of the molecule is CC(=O)Nc1ccc(OC(C)C(=O)Nc2ccc3c(c2)OCCO3)cc1. The van der Waals surface area contributed by atoms with Gasteiger partial charge in [-0.1, -0.05) is 0 Å². The van der Waals surface area contributed by atoms with Crippen molar-refractivity contribution in [3.63, 3.8) is 0 Å². The summed E-state index contributed by atoms with van der Waals surface area (Å²) in [4.78, 5) is 23.3. The molecule has 3 rings (SSSR count). The van der Waals surface area contributed by atoms with Gasteiger partial charge in [-0.3, -0.25) is 9.59 Å². The van der Waals surface area contributed by atoms with Gasteiger partial charge in [-0.25, -0.2) is 0 Å². The Morgan fingerprint density at radius 2 is 1.62 bits per heavy atom. The number of nitrogens with one attached hydrogen (secondary N) is 2. The minimum Gasteiger partial charge on any atom is -0.486 e. The van der Waals surface area contributed by atoms with E-state index in [1.165, 1.54) is 6.92 Å². The zero-order chi connectivity index (χ0) is 18.5. The normalized spacial score (nSPS) is 13.5. The molecule has 1 unspecified atom stereocenters. The minimum atomic E-state index is -0.699. The van der Waals surface area contributed by atoms with Gasteiger partial charge in [0, 0.05) is 24.4 Å². The predicted octanol–water partition coefficient (Wildman–Crippen LogP) is 2.82. The number of hydrogen-bond acceptors (Lipinski definition) is 5. The van der Waals surface area contributed by atoms with Crippen LogP contribution in [0.1, 0.15) is 13.8 Å². The van der Waals surface area contributed by atoms with E-state index in [9.17, 15) is 9.59 Å². The van der Waals surface area contributed by atoms with Crippen molar-refractivity contribution in [1.82, 2.24) is 0 Å². The van der Waals surface area contributed by atoms with Crippen molar-refractivity contribution in [3.8, 4) is 17.2 Å². The summed E-state index contributed by atoms with van der Waals surface area (Å²) in [6, 6.07) is 12.0. The monoisotopic (exact) mass is 356 g/mol. The number of anilines is 2. The van der Waals surface area contributed by atoms with Crippen molar-refractivity contribution in [2.24, 2.45) is 0 Å². The first-order valence-corrected chi connectivity index (χ1v) is 8.26. The van der Waals surface area contributed by atoms with Gasteiger partial charge in [0.25, 0.3) is 5.91 Å². The molecular weight excluding hydrogens is 336 g/mol. The molecule has 7 heteroatoms. The molecule has 0 saturated heterocycles. The van der Waals surface area contributed by atoms with Crippen LogP contribution in [0.3, 0.4) is 0 Å². The van der Waals surface area contributed by atoms with Gasteiger partial charge in [0.2, 0.25) is 5.91 Å². The lowest BCUT2D eigenvalue weighted by atomic mass is 10.2. The number of benzene rings is 2. The van der Waals surface area contributed by atoms with Crippen LogP contribution in [0, 0.1) is 0 Å². The summed E-state index contributed by atoms with van der Waals surface area (Å²) in [6.07, 6.45) is -0.699. The van der Waals surface area contributed by atoms with Crippen molar-refractivity contribution in [2.75, 3.05) is 23.8 Å². The molecule has 1 aliphatic heterocycles. The molecule has 26 heavy (non-hydrogen) atoms. The molecule has 0 saturated carbocycles. The van der Waals surface area contributed by atoms with Crippen LogP contribution in [-0.4, -0.2) is 31.1 Å². The first-order chi connectivity index (χ1) is 12.5. The summed E-state index contributed by atoms with van der Waals surface area (Å²) in [7, 11) is 0. The highest BCUT2D eigenvalue weighted by molar-refractivity contribution is 5.94. The molecule has 1 aliphatic rings. The fraction of sp³-hybridized carbons (Fsp3) is 0.263. The quantitative estimate of drug-likeness (QED) is 0.860. The molecule has 7 nitrogen and oxygen atoms in total. The fourth-order valence-electron chi connectivity index (χ4n) is 2.44. The molecule has 1 heterocycles. The van der Waals surface area contributed by atoms with E-state index >= 15 is 0 Å². The third-order valence-electron chi connectivity index (χ3n) is 3.67. The Bertz CT molecular complexity index is 804. The lowest BCUT2D eigenvalue weighted by Crippen LogP contribution is -2.30. The van der Waals surface area contributed by atoms with E-state index in [0.29, 0.717) is 41.8 Å². The second-order valence-electron chi connectivity index (χ2n) is 5.81. The predicted molar refractivity (Wildman–Crippen MR) is 96.9 cm³/mol. The molecule has 0 bridgehead atoms. The Labute approximate surface area is 151 Å². The largest absolute Gasteiger partial charge is 0.486 e. The van der Waals surface area contributed by atoms with Crippen LogP contribution in [0.5, 0.6) is 17.2 Å². The molecular formula is C19H20N2O5. The molecule has 0 radical (unpaired) electrons. The van der Waals surface area contributed by atoms with E-state index in [2.05, 4.69) is 10.6 Å². The number of ether oxygens (including phenoxy) is 3. The number of rotatable bonds is 5. The highest BCUT2D eigenvalue weighted by Gasteiger charge is 2.17. The van der Waals surface area contributed by atoms with Crippen LogP contribution in [-0.2, 0) is 9.59 Å². The molecule has 1 atom stereocenters. The van der Waals surface area contributed by atoms with Gasteiger partial charge < -0.3 is 24.8 Å². The van der Waals surface area contributed by atoms with E-state index < -0.39 is 6.10 Å². The molecule has 136 valence electrons. The van der Waals surface area contributed by atoms with E-state index in [0.717, 1.165) is 0 Å². The average molecular weight is 356 g/mol. The van der Waals surface area contributed by atoms with Gasteiger partial charge in [0.1, 0.15) is 19.0 Å². The Kier molecular flexibility index (Phi) is 5.26. The second-order valence-corrected chi connectivity index (χ2v) is 5.81. The molecule has 2 aromatic carbocycles. The molecule has 2 aromatic rings. The standard InChI is InChI=1S/C19H20N2O5/c1-12(26-16-6-3-14(4-7-16)20-13(2)22)19(23)21-15-5-8-17-18(11-15)25-10-9-24-17/h3-8,11-12H,9-10H2,1-2H3,(H,20,22)(H,21,23). The number of hydrogen-bond donors (Lipinski definition) is 2. The van der Waals surface area contributed by atoms with Crippen LogP contribution in [0.2, 0.25) is 0 Å². The Morgan fingerprint density at radius 3 is 2.31 bits per heavy atom. The number of fused-ring (bicyclic) bond motifs is 1. The van der Waals surface area contributed by atoms with E-state index in [-0.39, 0.29) is 11.8 Å². The molecule has 0 spiro atoms. The van der Waals surface area contributed by atoms with Crippen LogP contribution in [0.4, 0.5) is 11.4 Å². The number of carbonyl (C=O) groups excluding carboxylic acids is 2. The van der Waals surface area contributed by atoms with Crippen LogP contribution >= 0.6 is 0 Å². The van der Waals surface area contributed by atoms with Crippen molar-refractivity contribution in [1.29, 1.82) is 0 Å². The maximum absolute atomic E-state index is 12.3. The zero-order valence-corrected chi connectivity index (χ0v) is 14.6. The van der Waals surface area contributed by atoms with Gasteiger partial charge in [-0.15, -0.1) is 0 Å². The molecule has 0 fully saturated rings.